The fraction of sp³-hybridized carbons (Fsp3) is 0.357. The molecule has 2 aliphatic heterocycles. The van der Waals surface area contributed by atoms with Crippen LogP contribution in [0.3, 0.4) is 0 Å². The molecule has 1 unspecified atom stereocenters. The van der Waals surface area contributed by atoms with Gasteiger partial charge in [-0.2, -0.15) is 0 Å². The van der Waals surface area contributed by atoms with Crippen molar-refractivity contribution < 1.29 is 14.4 Å². The summed E-state index contributed by atoms with van der Waals surface area (Å²) in [5, 5.41) is 7.61. The van der Waals surface area contributed by atoms with E-state index in [4.69, 9.17) is 28.0 Å². The second kappa shape index (κ2) is 6.14. The van der Waals surface area contributed by atoms with Crippen LogP contribution in [0.2, 0.25) is 10.0 Å². The van der Waals surface area contributed by atoms with Crippen LogP contribution in [0.4, 0.5) is 0 Å². The van der Waals surface area contributed by atoms with Gasteiger partial charge in [0.2, 0.25) is 12.0 Å². The summed E-state index contributed by atoms with van der Waals surface area (Å²) in [7, 11) is 0. The van der Waals surface area contributed by atoms with Gasteiger partial charge < -0.3 is 15.1 Å². The number of amides is 2. The van der Waals surface area contributed by atoms with Crippen molar-refractivity contribution in [2.75, 3.05) is 19.6 Å². The van der Waals surface area contributed by atoms with Crippen LogP contribution in [0.5, 0.6) is 0 Å². The molecule has 22 heavy (non-hydrogen) atoms. The van der Waals surface area contributed by atoms with E-state index in [1.54, 1.807) is 18.2 Å². The minimum Gasteiger partial charge on any atom is -0.382 e. The standard InChI is InChI=1S/C14H13Cl2N3O3/c15-8-1-2-9(10(16)5-8)11-6-12(22-18-11)14(21)19-4-3-17-13(20)7-19/h1-2,5,12H,3-4,6-7H2,(H,17,20). The third-order valence-corrected chi connectivity index (χ3v) is 4.08. The first-order chi connectivity index (χ1) is 10.5. The molecule has 2 amide bonds. The summed E-state index contributed by atoms with van der Waals surface area (Å²) in [6.45, 7) is 0.977. The Morgan fingerprint density at radius 2 is 2.23 bits per heavy atom. The fourth-order valence-electron chi connectivity index (χ4n) is 2.42. The van der Waals surface area contributed by atoms with Crippen LogP contribution in [0.1, 0.15) is 12.0 Å². The van der Waals surface area contributed by atoms with Crippen molar-refractivity contribution in [3.05, 3.63) is 33.8 Å². The maximum absolute atomic E-state index is 12.4. The van der Waals surface area contributed by atoms with Gasteiger partial charge in [0.15, 0.2) is 0 Å². The topological polar surface area (TPSA) is 71.0 Å². The van der Waals surface area contributed by atoms with Crippen LogP contribution in [0.25, 0.3) is 0 Å². The fourth-order valence-corrected chi connectivity index (χ4v) is 2.94. The van der Waals surface area contributed by atoms with Crippen LogP contribution in [-0.2, 0) is 14.4 Å². The van der Waals surface area contributed by atoms with Gasteiger partial charge >= 0.3 is 0 Å². The van der Waals surface area contributed by atoms with Gasteiger partial charge in [0.1, 0.15) is 0 Å². The number of oxime groups is 1. The summed E-state index contributed by atoms with van der Waals surface area (Å²) in [5.74, 6) is -0.404. The van der Waals surface area contributed by atoms with E-state index < -0.39 is 6.10 Å². The van der Waals surface area contributed by atoms with Gasteiger partial charge in [-0.25, -0.2) is 0 Å². The number of rotatable bonds is 2. The van der Waals surface area contributed by atoms with E-state index >= 15 is 0 Å². The predicted octanol–water partition coefficient (Wildman–Crippen LogP) is 1.44. The molecule has 1 N–H and O–H groups in total. The molecule has 0 saturated carbocycles. The van der Waals surface area contributed by atoms with Crippen molar-refractivity contribution in [1.29, 1.82) is 0 Å². The molecule has 0 aromatic heterocycles. The second-order valence-electron chi connectivity index (χ2n) is 5.07. The van der Waals surface area contributed by atoms with E-state index in [-0.39, 0.29) is 18.4 Å². The predicted molar refractivity (Wildman–Crippen MR) is 82.1 cm³/mol. The molecule has 2 aliphatic rings. The highest BCUT2D eigenvalue weighted by molar-refractivity contribution is 6.37. The highest BCUT2D eigenvalue weighted by atomic mass is 35.5. The van der Waals surface area contributed by atoms with E-state index in [0.29, 0.717) is 40.8 Å². The monoisotopic (exact) mass is 341 g/mol. The second-order valence-corrected chi connectivity index (χ2v) is 5.91. The van der Waals surface area contributed by atoms with E-state index in [9.17, 15) is 9.59 Å². The largest absolute Gasteiger partial charge is 0.382 e. The first-order valence-electron chi connectivity index (χ1n) is 6.78. The van der Waals surface area contributed by atoms with Crippen molar-refractivity contribution in [3.8, 4) is 0 Å². The van der Waals surface area contributed by atoms with Crippen molar-refractivity contribution in [1.82, 2.24) is 10.2 Å². The minimum absolute atomic E-state index is 0.0513. The summed E-state index contributed by atoms with van der Waals surface area (Å²) in [6.07, 6.45) is -0.397. The zero-order valence-electron chi connectivity index (χ0n) is 11.5. The Labute approximate surface area is 137 Å². The van der Waals surface area contributed by atoms with E-state index in [1.165, 1.54) is 4.90 Å². The summed E-state index contributed by atoms with van der Waals surface area (Å²) >= 11 is 12.0. The molecule has 6 nitrogen and oxygen atoms in total. The molecule has 1 saturated heterocycles. The molecule has 0 spiro atoms. The van der Waals surface area contributed by atoms with Gasteiger partial charge in [-0.15, -0.1) is 0 Å². The Morgan fingerprint density at radius 3 is 2.95 bits per heavy atom. The lowest BCUT2D eigenvalue weighted by molar-refractivity contribution is -0.146. The maximum Gasteiger partial charge on any atom is 0.267 e. The molecule has 1 fully saturated rings. The molecule has 0 radical (unpaired) electrons. The van der Waals surface area contributed by atoms with Crippen LogP contribution in [-0.4, -0.2) is 48.2 Å². The molecular formula is C14H13Cl2N3O3. The lowest BCUT2D eigenvalue weighted by Gasteiger charge is -2.27. The van der Waals surface area contributed by atoms with Gasteiger partial charge in [0.05, 0.1) is 17.3 Å². The summed E-state index contributed by atoms with van der Waals surface area (Å²) in [5.41, 5.74) is 1.29. The number of hydrogen-bond acceptors (Lipinski definition) is 4. The van der Waals surface area contributed by atoms with Gasteiger partial charge in [0.25, 0.3) is 5.91 Å². The Hall–Kier alpha value is -1.79. The maximum atomic E-state index is 12.4. The highest BCUT2D eigenvalue weighted by Gasteiger charge is 2.34. The van der Waals surface area contributed by atoms with Crippen LogP contribution >= 0.6 is 23.2 Å². The number of piperazine rings is 1. The first kappa shape index (κ1) is 15.1. The summed E-state index contributed by atoms with van der Waals surface area (Å²) < 4.78 is 0. The molecule has 1 atom stereocenters. The smallest absolute Gasteiger partial charge is 0.267 e. The van der Waals surface area contributed by atoms with Gasteiger partial charge in [-0.3, -0.25) is 9.59 Å². The summed E-state index contributed by atoms with van der Waals surface area (Å²) in [6, 6.07) is 5.06. The van der Waals surface area contributed by atoms with Crippen molar-refractivity contribution >= 4 is 40.7 Å². The number of carbonyl (C=O) groups is 2. The SMILES string of the molecule is O=C1CN(C(=O)C2CC(c3ccc(Cl)cc3Cl)=NO2)CCN1. The van der Waals surface area contributed by atoms with E-state index in [2.05, 4.69) is 10.5 Å². The average molecular weight is 342 g/mol. The Kier molecular flexibility index (Phi) is 4.22. The third kappa shape index (κ3) is 3.03. The first-order valence-corrected chi connectivity index (χ1v) is 7.54. The van der Waals surface area contributed by atoms with Gasteiger partial charge in [-0.05, 0) is 12.1 Å². The molecule has 0 bridgehead atoms. The highest BCUT2D eigenvalue weighted by Crippen LogP contribution is 2.26. The van der Waals surface area contributed by atoms with E-state index in [0.717, 1.165) is 0 Å². The van der Waals surface area contributed by atoms with E-state index in [1.807, 2.05) is 0 Å². The van der Waals surface area contributed by atoms with Crippen molar-refractivity contribution in [2.45, 2.75) is 12.5 Å². The Balaban J connectivity index is 1.68. The van der Waals surface area contributed by atoms with Gasteiger partial charge in [-0.1, -0.05) is 34.4 Å². The van der Waals surface area contributed by atoms with Crippen LogP contribution in [0.15, 0.2) is 23.4 Å². The lowest BCUT2D eigenvalue weighted by atomic mass is 10.0. The number of halogens is 2. The third-order valence-electron chi connectivity index (χ3n) is 3.54. The van der Waals surface area contributed by atoms with Crippen molar-refractivity contribution in [2.24, 2.45) is 5.16 Å². The van der Waals surface area contributed by atoms with Gasteiger partial charge in [0, 0.05) is 30.1 Å². The molecule has 3 rings (SSSR count). The molecular weight excluding hydrogens is 329 g/mol. The quantitative estimate of drug-likeness (QED) is 0.884. The minimum atomic E-state index is -0.715. The number of nitrogens with zero attached hydrogens (tertiary/aromatic N) is 2. The molecule has 116 valence electrons. The normalized spacial score (nSPS) is 21.2. The molecule has 0 aliphatic carbocycles. The number of nitrogens with one attached hydrogen (secondary N) is 1. The number of hydrogen-bond donors (Lipinski definition) is 1. The number of carbonyl (C=O) groups excluding carboxylic acids is 2. The average Bonchev–Trinajstić information content (AvgIpc) is 2.96. The summed E-state index contributed by atoms with van der Waals surface area (Å²) in [4.78, 5) is 30.4. The molecule has 8 heteroatoms. The Bertz CT molecular complexity index is 663. The Morgan fingerprint density at radius 1 is 1.41 bits per heavy atom. The lowest BCUT2D eigenvalue weighted by Crippen LogP contribution is -2.52. The van der Waals surface area contributed by atoms with Crippen molar-refractivity contribution in [3.63, 3.8) is 0 Å². The molecule has 1 aromatic rings. The molecule has 1 aromatic carbocycles. The zero-order valence-corrected chi connectivity index (χ0v) is 13.0. The zero-order chi connectivity index (χ0) is 15.7. The van der Waals surface area contributed by atoms with Crippen LogP contribution < -0.4 is 5.32 Å². The van der Waals surface area contributed by atoms with Crippen LogP contribution in [0, 0.1) is 0 Å². The number of benzene rings is 1. The molecule has 2 heterocycles.